The van der Waals surface area contributed by atoms with Crippen LogP contribution in [-0.4, -0.2) is 31.1 Å². The van der Waals surface area contributed by atoms with Gasteiger partial charge in [-0.05, 0) is 23.8 Å². The van der Waals surface area contributed by atoms with E-state index in [4.69, 9.17) is 9.84 Å². The van der Waals surface area contributed by atoms with Gasteiger partial charge in [-0.25, -0.2) is 4.79 Å². The molecule has 0 spiro atoms. The lowest BCUT2D eigenvalue weighted by Crippen LogP contribution is -2.18. The van der Waals surface area contributed by atoms with Crippen LogP contribution >= 0.6 is 0 Å². The van der Waals surface area contributed by atoms with Crippen LogP contribution < -0.4 is 10.1 Å². The second-order valence-corrected chi connectivity index (χ2v) is 3.21. The standard InChI is InChI=1S/C12H13NO4/c1-13-12(16)9-5-3-8(4-6-11(14)15)7-10(9)17-2/h3-7H,1-2H3,(H,13,16)(H,14,15)/b6-4+. The van der Waals surface area contributed by atoms with Crippen molar-refractivity contribution in [1.82, 2.24) is 5.32 Å². The molecule has 0 saturated carbocycles. The van der Waals surface area contributed by atoms with Gasteiger partial charge in [0.25, 0.3) is 5.91 Å². The number of carboxylic acid groups (broad SMARTS) is 1. The summed E-state index contributed by atoms with van der Waals surface area (Å²) < 4.78 is 5.07. The average molecular weight is 235 g/mol. The van der Waals surface area contributed by atoms with E-state index < -0.39 is 5.97 Å². The molecule has 2 N–H and O–H groups in total. The van der Waals surface area contributed by atoms with E-state index in [-0.39, 0.29) is 5.91 Å². The lowest BCUT2D eigenvalue weighted by Gasteiger charge is -2.07. The number of carboxylic acids is 1. The Labute approximate surface area is 98.7 Å². The Morgan fingerprint density at radius 1 is 1.41 bits per heavy atom. The fraction of sp³-hybridized carbons (Fsp3) is 0.167. The first kappa shape index (κ1) is 12.8. The lowest BCUT2D eigenvalue weighted by atomic mass is 10.1. The number of carbonyl (C=O) groups excluding carboxylic acids is 1. The summed E-state index contributed by atoms with van der Waals surface area (Å²) in [6.07, 6.45) is 2.45. The van der Waals surface area contributed by atoms with Gasteiger partial charge in [0, 0.05) is 13.1 Å². The smallest absolute Gasteiger partial charge is 0.328 e. The molecule has 5 heteroatoms. The molecule has 1 aromatic rings. The molecule has 0 saturated heterocycles. The summed E-state index contributed by atoms with van der Waals surface area (Å²) in [5, 5.41) is 11.0. The molecule has 0 aliphatic carbocycles. The van der Waals surface area contributed by atoms with Crippen LogP contribution in [0.1, 0.15) is 15.9 Å². The minimum Gasteiger partial charge on any atom is -0.496 e. The third kappa shape index (κ3) is 3.34. The Morgan fingerprint density at radius 3 is 2.65 bits per heavy atom. The summed E-state index contributed by atoms with van der Waals surface area (Å²) >= 11 is 0. The van der Waals surface area contributed by atoms with Gasteiger partial charge in [-0.1, -0.05) is 6.07 Å². The van der Waals surface area contributed by atoms with E-state index in [1.54, 1.807) is 18.2 Å². The molecule has 0 aliphatic heterocycles. The average Bonchev–Trinajstić information content (AvgIpc) is 2.34. The van der Waals surface area contributed by atoms with E-state index in [0.717, 1.165) is 6.08 Å². The zero-order chi connectivity index (χ0) is 12.8. The second-order valence-electron chi connectivity index (χ2n) is 3.21. The molecule has 0 fully saturated rings. The highest BCUT2D eigenvalue weighted by atomic mass is 16.5. The quantitative estimate of drug-likeness (QED) is 0.768. The fourth-order valence-corrected chi connectivity index (χ4v) is 1.30. The van der Waals surface area contributed by atoms with Crippen LogP contribution in [0, 0.1) is 0 Å². The van der Waals surface area contributed by atoms with Crippen LogP contribution in [-0.2, 0) is 4.79 Å². The molecule has 0 bridgehead atoms. The zero-order valence-electron chi connectivity index (χ0n) is 9.56. The van der Waals surface area contributed by atoms with Gasteiger partial charge in [0.05, 0.1) is 12.7 Å². The van der Waals surface area contributed by atoms with Crippen LogP contribution in [0.5, 0.6) is 5.75 Å². The normalized spacial score (nSPS) is 10.2. The first-order valence-corrected chi connectivity index (χ1v) is 4.89. The van der Waals surface area contributed by atoms with E-state index in [1.165, 1.54) is 20.2 Å². The number of hydrogen-bond acceptors (Lipinski definition) is 3. The van der Waals surface area contributed by atoms with E-state index in [1.807, 2.05) is 0 Å². The Morgan fingerprint density at radius 2 is 2.12 bits per heavy atom. The maximum Gasteiger partial charge on any atom is 0.328 e. The van der Waals surface area contributed by atoms with Gasteiger partial charge in [-0.2, -0.15) is 0 Å². The molecular weight excluding hydrogens is 222 g/mol. The summed E-state index contributed by atoms with van der Waals surface area (Å²) in [4.78, 5) is 21.8. The van der Waals surface area contributed by atoms with Crippen LogP contribution in [0.3, 0.4) is 0 Å². The van der Waals surface area contributed by atoms with Crippen LogP contribution in [0.25, 0.3) is 6.08 Å². The largest absolute Gasteiger partial charge is 0.496 e. The molecule has 0 aliphatic rings. The number of carbonyl (C=O) groups is 2. The van der Waals surface area contributed by atoms with Crippen molar-refractivity contribution < 1.29 is 19.4 Å². The summed E-state index contributed by atoms with van der Waals surface area (Å²) in [6.45, 7) is 0. The number of nitrogens with one attached hydrogen (secondary N) is 1. The highest BCUT2D eigenvalue weighted by Gasteiger charge is 2.10. The summed E-state index contributed by atoms with van der Waals surface area (Å²) in [7, 11) is 2.98. The molecule has 1 aromatic carbocycles. The summed E-state index contributed by atoms with van der Waals surface area (Å²) in [5.74, 6) is -0.883. The predicted octanol–water partition coefficient (Wildman–Crippen LogP) is 1.15. The van der Waals surface area contributed by atoms with Crippen molar-refractivity contribution in [1.29, 1.82) is 0 Å². The van der Waals surface area contributed by atoms with Gasteiger partial charge < -0.3 is 15.2 Å². The predicted molar refractivity (Wildman–Crippen MR) is 63.1 cm³/mol. The first-order chi connectivity index (χ1) is 8.08. The Balaban J connectivity index is 3.08. The minimum absolute atomic E-state index is 0.254. The molecule has 90 valence electrons. The van der Waals surface area contributed by atoms with E-state index in [0.29, 0.717) is 16.9 Å². The van der Waals surface area contributed by atoms with E-state index in [2.05, 4.69) is 5.32 Å². The van der Waals surface area contributed by atoms with Gasteiger partial charge in [0.2, 0.25) is 0 Å². The second kappa shape index (κ2) is 5.69. The van der Waals surface area contributed by atoms with Crippen LogP contribution in [0.15, 0.2) is 24.3 Å². The fourth-order valence-electron chi connectivity index (χ4n) is 1.30. The zero-order valence-corrected chi connectivity index (χ0v) is 9.56. The Kier molecular flexibility index (Phi) is 4.28. The topological polar surface area (TPSA) is 75.6 Å². The lowest BCUT2D eigenvalue weighted by molar-refractivity contribution is -0.131. The molecule has 0 atom stereocenters. The number of rotatable bonds is 4. The third-order valence-corrected chi connectivity index (χ3v) is 2.12. The van der Waals surface area contributed by atoms with Gasteiger partial charge in [-0.3, -0.25) is 4.79 Å². The first-order valence-electron chi connectivity index (χ1n) is 4.89. The molecule has 0 radical (unpaired) electrons. The van der Waals surface area contributed by atoms with Crippen LogP contribution in [0.2, 0.25) is 0 Å². The number of hydrogen-bond donors (Lipinski definition) is 2. The number of methoxy groups -OCH3 is 1. The summed E-state index contributed by atoms with van der Waals surface area (Å²) in [6, 6.07) is 4.83. The van der Waals surface area contributed by atoms with Gasteiger partial charge in [0.15, 0.2) is 0 Å². The maximum absolute atomic E-state index is 11.5. The third-order valence-electron chi connectivity index (χ3n) is 2.12. The molecule has 17 heavy (non-hydrogen) atoms. The van der Waals surface area contributed by atoms with Gasteiger partial charge >= 0.3 is 5.97 Å². The Hall–Kier alpha value is -2.30. The SMILES string of the molecule is CNC(=O)c1ccc(/C=C/C(=O)O)cc1OC. The van der Waals surface area contributed by atoms with E-state index >= 15 is 0 Å². The van der Waals surface area contributed by atoms with Crippen molar-refractivity contribution in [2.75, 3.05) is 14.2 Å². The van der Waals surface area contributed by atoms with E-state index in [9.17, 15) is 9.59 Å². The Bertz CT molecular complexity index is 466. The van der Waals surface area contributed by atoms with Crippen molar-refractivity contribution in [3.8, 4) is 5.75 Å². The van der Waals surface area contributed by atoms with Crippen molar-refractivity contribution in [2.45, 2.75) is 0 Å². The molecule has 0 heterocycles. The van der Waals surface area contributed by atoms with Crippen molar-refractivity contribution >= 4 is 18.0 Å². The molecule has 1 rings (SSSR count). The van der Waals surface area contributed by atoms with Crippen molar-refractivity contribution in [3.05, 3.63) is 35.4 Å². The minimum atomic E-state index is -1.03. The van der Waals surface area contributed by atoms with Crippen molar-refractivity contribution in [3.63, 3.8) is 0 Å². The van der Waals surface area contributed by atoms with Crippen molar-refractivity contribution in [2.24, 2.45) is 0 Å². The molecule has 0 aromatic heterocycles. The number of amides is 1. The highest BCUT2D eigenvalue weighted by molar-refractivity contribution is 5.97. The van der Waals surface area contributed by atoms with Gasteiger partial charge in [-0.15, -0.1) is 0 Å². The summed E-state index contributed by atoms with van der Waals surface area (Å²) in [5.41, 5.74) is 1.05. The number of aliphatic carboxylic acids is 1. The molecule has 5 nitrogen and oxygen atoms in total. The monoisotopic (exact) mass is 235 g/mol. The molecular formula is C12H13NO4. The van der Waals surface area contributed by atoms with Crippen LogP contribution in [0.4, 0.5) is 0 Å². The van der Waals surface area contributed by atoms with Gasteiger partial charge in [0.1, 0.15) is 5.75 Å². The highest BCUT2D eigenvalue weighted by Crippen LogP contribution is 2.20. The number of benzene rings is 1. The molecule has 0 unspecified atom stereocenters. The molecule has 1 amide bonds. The number of ether oxygens (including phenoxy) is 1. The maximum atomic E-state index is 11.5.